The lowest BCUT2D eigenvalue weighted by atomic mass is 9.98. The smallest absolute Gasteiger partial charge is 0.240 e. The predicted molar refractivity (Wildman–Crippen MR) is 89.3 cm³/mol. The van der Waals surface area contributed by atoms with Crippen LogP contribution < -0.4 is 0 Å². The highest BCUT2D eigenvalue weighted by atomic mass is 35.5. The largest absolute Gasteiger partial charge is 0.273 e. The van der Waals surface area contributed by atoms with Gasteiger partial charge in [0.2, 0.25) is 5.91 Å². The first-order valence-corrected chi connectivity index (χ1v) is 7.79. The molecule has 118 valence electrons. The second-order valence-electron chi connectivity index (χ2n) is 5.31. The molecule has 3 nitrogen and oxygen atoms in total. The van der Waals surface area contributed by atoms with Gasteiger partial charge in [-0.3, -0.25) is 4.79 Å². The van der Waals surface area contributed by atoms with Gasteiger partial charge in [0.25, 0.3) is 0 Å². The van der Waals surface area contributed by atoms with Crippen LogP contribution in [0.25, 0.3) is 0 Å². The minimum atomic E-state index is -0.319. The molecular formula is C17H13Cl2FN2O. The van der Waals surface area contributed by atoms with E-state index in [1.54, 1.807) is 30.3 Å². The van der Waals surface area contributed by atoms with Crippen molar-refractivity contribution < 1.29 is 9.18 Å². The van der Waals surface area contributed by atoms with Crippen LogP contribution in [0.15, 0.2) is 47.6 Å². The maximum absolute atomic E-state index is 13.1. The van der Waals surface area contributed by atoms with Gasteiger partial charge in [-0.05, 0) is 35.9 Å². The third kappa shape index (κ3) is 3.23. The summed E-state index contributed by atoms with van der Waals surface area (Å²) >= 11 is 12.3. The number of halogens is 3. The number of hydrazone groups is 1. The molecule has 1 aliphatic heterocycles. The molecule has 23 heavy (non-hydrogen) atoms. The lowest BCUT2D eigenvalue weighted by molar-refractivity contribution is -0.130. The predicted octanol–water partition coefficient (Wildman–Crippen LogP) is 4.83. The first-order valence-electron chi connectivity index (χ1n) is 7.04. The molecule has 1 atom stereocenters. The molecule has 2 aromatic carbocycles. The minimum absolute atomic E-state index is 0.188. The van der Waals surface area contributed by atoms with Gasteiger partial charge in [0, 0.05) is 29.0 Å². The van der Waals surface area contributed by atoms with E-state index >= 15 is 0 Å². The van der Waals surface area contributed by atoms with E-state index in [9.17, 15) is 9.18 Å². The zero-order valence-electron chi connectivity index (χ0n) is 12.3. The highest BCUT2D eigenvalue weighted by Gasteiger charge is 2.32. The summed E-state index contributed by atoms with van der Waals surface area (Å²) in [6.07, 6.45) is 0.491. The number of amides is 1. The molecule has 0 bridgehead atoms. The van der Waals surface area contributed by atoms with Crippen molar-refractivity contribution in [2.24, 2.45) is 5.10 Å². The number of carbonyl (C=O) groups is 1. The SMILES string of the molecule is CC(=O)N1N=C(c2cc(Cl)ccc2Cl)C[C@@H]1c1ccc(F)cc1. The topological polar surface area (TPSA) is 32.7 Å². The average Bonchev–Trinajstić information content (AvgIpc) is 2.96. The quantitative estimate of drug-likeness (QED) is 0.763. The fourth-order valence-corrected chi connectivity index (χ4v) is 3.03. The van der Waals surface area contributed by atoms with Crippen molar-refractivity contribution >= 4 is 34.8 Å². The molecule has 1 aliphatic rings. The van der Waals surface area contributed by atoms with Crippen molar-refractivity contribution in [3.63, 3.8) is 0 Å². The van der Waals surface area contributed by atoms with Crippen molar-refractivity contribution in [1.82, 2.24) is 5.01 Å². The van der Waals surface area contributed by atoms with Crippen LogP contribution in [0, 0.1) is 5.82 Å². The Morgan fingerprint density at radius 3 is 2.57 bits per heavy atom. The van der Waals surface area contributed by atoms with Crippen molar-refractivity contribution in [2.75, 3.05) is 0 Å². The highest BCUT2D eigenvalue weighted by molar-refractivity contribution is 6.36. The normalized spacial score (nSPS) is 17.3. The molecule has 0 saturated carbocycles. The van der Waals surface area contributed by atoms with Crippen molar-refractivity contribution in [1.29, 1.82) is 0 Å². The Bertz CT molecular complexity index is 790. The summed E-state index contributed by atoms with van der Waals surface area (Å²) in [5, 5.41) is 6.88. The number of benzene rings is 2. The van der Waals surface area contributed by atoms with E-state index in [-0.39, 0.29) is 17.8 Å². The molecule has 0 aliphatic carbocycles. The third-order valence-electron chi connectivity index (χ3n) is 3.73. The Balaban J connectivity index is 1.98. The highest BCUT2D eigenvalue weighted by Crippen LogP contribution is 2.35. The molecule has 3 rings (SSSR count). The number of hydrogen-bond acceptors (Lipinski definition) is 2. The summed E-state index contributed by atoms with van der Waals surface area (Å²) in [6, 6.07) is 10.9. The van der Waals surface area contributed by atoms with Crippen LogP contribution in [0.4, 0.5) is 4.39 Å². The van der Waals surface area contributed by atoms with Gasteiger partial charge in [0.1, 0.15) is 5.82 Å². The van der Waals surface area contributed by atoms with Gasteiger partial charge in [0.05, 0.1) is 11.8 Å². The Labute approximate surface area is 143 Å². The van der Waals surface area contributed by atoms with Gasteiger partial charge < -0.3 is 0 Å². The standard InChI is InChI=1S/C17H13Cl2FN2O/c1-10(23)22-17(11-2-5-13(20)6-3-11)9-16(21-22)14-8-12(18)4-7-15(14)19/h2-8,17H,9H2,1H3/t17-/m1/s1. The number of rotatable bonds is 2. The van der Waals surface area contributed by atoms with Crippen LogP contribution in [-0.4, -0.2) is 16.6 Å². The molecule has 1 amide bonds. The fraction of sp³-hybridized carbons (Fsp3) is 0.176. The first-order chi connectivity index (χ1) is 11.0. The monoisotopic (exact) mass is 350 g/mol. The van der Waals surface area contributed by atoms with Crippen LogP contribution in [0.3, 0.4) is 0 Å². The van der Waals surface area contributed by atoms with E-state index in [0.29, 0.717) is 27.7 Å². The summed E-state index contributed by atoms with van der Waals surface area (Å²) in [5.74, 6) is -0.507. The van der Waals surface area contributed by atoms with Crippen molar-refractivity contribution in [3.8, 4) is 0 Å². The third-order valence-corrected chi connectivity index (χ3v) is 4.29. The summed E-state index contributed by atoms with van der Waals surface area (Å²) in [5.41, 5.74) is 2.20. The summed E-state index contributed by atoms with van der Waals surface area (Å²) in [4.78, 5) is 11.9. The van der Waals surface area contributed by atoms with Crippen LogP contribution in [0.5, 0.6) is 0 Å². The molecule has 1 heterocycles. The number of nitrogens with zero attached hydrogens (tertiary/aromatic N) is 2. The van der Waals surface area contributed by atoms with Gasteiger partial charge in [0.15, 0.2) is 0 Å². The van der Waals surface area contributed by atoms with E-state index in [1.165, 1.54) is 24.1 Å². The van der Waals surface area contributed by atoms with Crippen molar-refractivity contribution in [3.05, 3.63) is 69.5 Å². The van der Waals surface area contributed by atoms with Gasteiger partial charge in [-0.15, -0.1) is 0 Å². The van der Waals surface area contributed by atoms with Gasteiger partial charge in [-0.2, -0.15) is 5.10 Å². The molecule has 0 radical (unpaired) electrons. The summed E-state index contributed by atoms with van der Waals surface area (Å²) < 4.78 is 13.1. The van der Waals surface area contributed by atoms with Gasteiger partial charge >= 0.3 is 0 Å². The Kier molecular flexibility index (Phi) is 4.37. The molecule has 0 saturated heterocycles. The Morgan fingerprint density at radius 2 is 1.91 bits per heavy atom. The van der Waals surface area contributed by atoms with E-state index in [1.807, 2.05) is 0 Å². The second-order valence-corrected chi connectivity index (χ2v) is 6.15. The first kappa shape index (κ1) is 16.0. The maximum atomic E-state index is 13.1. The zero-order chi connectivity index (χ0) is 16.6. The van der Waals surface area contributed by atoms with Gasteiger partial charge in [-0.25, -0.2) is 9.40 Å². The molecular weight excluding hydrogens is 338 g/mol. The molecule has 2 aromatic rings. The average molecular weight is 351 g/mol. The van der Waals surface area contributed by atoms with Crippen LogP contribution in [0.2, 0.25) is 10.0 Å². The van der Waals surface area contributed by atoms with E-state index in [2.05, 4.69) is 5.10 Å². The van der Waals surface area contributed by atoms with Crippen LogP contribution >= 0.6 is 23.2 Å². The second kappa shape index (κ2) is 6.30. The Morgan fingerprint density at radius 1 is 1.22 bits per heavy atom. The van der Waals surface area contributed by atoms with Crippen LogP contribution in [0.1, 0.15) is 30.5 Å². The lowest BCUT2D eigenvalue weighted by Crippen LogP contribution is -2.24. The minimum Gasteiger partial charge on any atom is -0.273 e. The zero-order valence-corrected chi connectivity index (χ0v) is 13.8. The molecule has 0 aromatic heterocycles. The summed E-state index contributed by atoms with van der Waals surface area (Å²) in [7, 11) is 0. The van der Waals surface area contributed by atoms with E-state index < -0.39 is 0 Å². The molecule has 0 N–H and O–H groups in total. The van der Waals surface area contributed by atoms with Crippen molar-refractivity contribution in [2.45, 2.75) is 19.4 Å². The van der Waals surface area contributed by atoms with E-state index in [0.717, 1.165) is 5.56 Å². The van der Waals surface area contributed by atoms with Gasteiger partial charge in [-0.1, -0.05) is 35.3 Å². The maximum Gasteiger partial charge on any atom is 0.240 e. The van der Waals surface area contributed by atoms with E-state index in [4.69, 9.17) is 23.2 Å². The molecule has 6 heteroatoms. The molecule has 0 unspecified atom stereocenters. The fourth-order valence-electron chi connectivity index (χ4n) is 2.63. The van der Waals surface area contributed by atoms with Crippen LogP contribution in [-0.2, 0) is 4.79 Å². The molecule has 0 spiro atoms. The lowest BCUT2D eigenvalue weighted by Gasteiger charge is -2.20. The summed E-state index contributed by atoms with van der Waals surface area (Å²) in [6.45, 7) is 1.45. The number of carbonyl (C=O) groups excluding carboxylic acids is 1. The molecule has 0 fully saturated rings. The Hall–Kier alpha value is -1.91. The number of hydrogen-bond donors (Lipinski definition) is 0.